The molecule has 0 saturated heterocycles. The predicted octanol–water partition coefficient (Wildman–Crippen LogP) is 3.03. The van der Waals surface area contributed by atoms with Crippen LogP contribution in [-0.4, -0.2) is 26.4 Å². The monoisotopic (exact) mass is 289 g/mol. The van der Waals surface area contributed by atoms with Gasteiger partial charge in [0, 0.05) is 23.9 Å². The molecule has 21 heavy (non-hydrogen) atoms. The number of anilines is 1. The highest BCUT2D eigenvalue weighted by Crippen LogP contribution is 2.32. The van der Waals surface area contributed by atoms with Crippen molar-refractivity contribution in [3.8, 4) is 23.0 Å². The van der Waals surface area contributed by atoms with Gasteiger partial charge in [-0.25, -0.2) is 0 Å². The van der Waals surface area contributed by atoms with Crippen LogP contribution in [0, 0.1) is 0 Å². The number of nitrogens with one attached hydrogen (secondary N) is 1. The van der Waals surface area contributed by atoms with Crippen molar-refractivity contribution in [2.24, 2.45) is 0 Å². The molecule has 2 rings (SSSR count). The van der Waals surface area contributed by atoms with Crippen molar-refractivity contribution < 1.29 is 19.3 Å². The van der Waals surface area contributed by atoms with E-state index in [4.69, 9.17) is 14.2 Å². The second kappa shape index (κ2) is 6.74. The van der Waals surface area contributed by atoms with Gasteiger partial charge in [0.25, 0.3) is 0 Å². The Balaban J connectivity index is 2.13. The molecule has 2 N–H and O–H groups in total. The highest BCUT2D eigenvalue weighted by Gasteiger charge is 2.08. The van der Waals surface area contributed by atoms with Gasteiger partial charge >= 0.3 is 0 Å². The number of para-hydroxylation sites is 1. The molecule has 0 saturated carbocycles. The number of phenols is 1. The molecule has 0 amide bonds. The molecule has 0 aromatic heterocycles. The fraction of sp³-hybridized carbons (Fsp3) is 0.250. The first-order chi connectivity index (χ1) is 10.2. The van der Waals surface area contributed by atoms with Gasteiger partial charge in [-0.3, -0.25) is 0 Å². The molecule has 112 valence electrons. The normalized spacial score (nSPS) is 10.0. The Bertz CT molecular complexity index is 613. The van der Waals surface area contributed by atoms with Crippen LogP contribution >= 0.6 is 0 Å². The molecular formula is C16H19NO4. The van der Waals surface area contributed by atoms with Crippen LogP contribution in [0.5, 0.6) is 23.0 Å². The Morgan fingerprint density at radius 2 is 1.62 bits per heavy atom. The number of hydrogen-bond donors (Lipinski definition) is 2. The third-order valence-corrected chi connectivity index (χ3v) is 3.17. The molecule has 0 unspecified atom stereocenters. The topological polar surface area (TPSA) is 60.0 Å². The van der Waals surface area contributed by atoms with Crippen molar-refractivity contribution in [3.63, 3.8) is 0 Å². The van der Waals surface area contributed by atoms with E-state index in [1.54, 1.807) is 20.3 Å². The maximum absolute atomic E-state index is 10.0. The van der Waals surface area contributed by atoms with E-state index in [1.807, 2.05) is 30.3 Å². The Morgan fingerprint density at radius 3 is 2.29 bits per heavy atom. The van der Waals surface area contributed by atoms with Gasteiger partial charge in [0.05, 0.1) is 21.3 Å². The molecule has 0 aliphatic heterocycles. The summed E-state index contributed by atoms with van der Waals surface area (Å²) in [4.78, 5) is 0. The summed E-state index contributed by atoms with van der Waals surface area (Å²) in [6, 6.07) is 11.0. The summed E-state index contributed by atoms with van der Waals surface area (Å²) < 4.78 is 15.5. The fourth-order valence-electron chi connectivity index (χ4n) is 2.02. The fourth-order valence-corrected chi connectivity index (χ4v) is 2.02. The molecular weight excluding hydrogens is 270 g/mol. The largest absolute Gasteiger partial charge is 0.504 e. The Kier molecular flexibility index (Phi) is 4.77. The van der Waals surface area contributed by atoms with Crippen LogP contribution in [0.25, 0.3) is 0 Å². The Morgan fingerprint density at radius 1 is 0.905 bits per heavy atom. The zero-order chi connectivity index (χ0) is 15.2. The summed E-state index contributed by atoms with van der Waals surface area (Å²) in [5, 5.41) is 13.3. The van der Waals surface area contributed by atoms with Gasteiger partial charge in [0.15, 0.2) is 23.0 Å². The SMILES string of the molecule is COc1ccc(NCc2cccc(OC)c2O)cc1OC. The first-order valence-electron chi connectivity index (χ1n) is 6.50. The molecule has 0 atom stereocenters. The van der Waals surface area contributed by atoms with Crippen LogP contribution in [-0.2, 0) is 6.54 Å². The van der Waals surface area contributed by atoms with Gasteiger partial charge < -0.3 is 24.6 Å². The van der Waals surface area contributed by atoms with Crippen molar-refractivity contribution in [3.05, 3.63) is 42.0 Å². The Hall–Kier alpha value is -2.56. The zero-order valence-corrected chi connectivity index (χ0v) is 12.3. The van der Waals surface area contributed by atoms with Crippen molar-refractivity contribution in [1.29, 1.82) is 0 Å². The lowest BCUT2D eigenvalue weighted by Gasteiger charge is -2.13. The quantitative estimate of drug-likeness (QED) is 0.856. The second-order valence-electron chi connectivity index (χ2n) is 4.39. The molecule has 5 nitrogen and oxygen atoms in total. The molecule has 0 aliphatic rings. The maximum atomic E-state index is 10.0. The summed E-state index contributed by atoms with van der Waals surface area (Å²) in [6.07, 6.45) is 0. The van der Waals surface area contributed by atoms with Crippen LogP contribution in [0.3, 0.4) is 0 Å². The second-order valence-corrected chi connectivity index (χ2v) is 4.39. The number of ether oxygens (including phenoxy) is 3. The minimum absolute atomic E-state index is 0.146. The van der Waals surface area contributed by atoms with Gasteiger partial charge in [0.1, 0.15) is 0 Å². The van der Waals surface area contributed by atoms with E-state index < -0.39 is 0 Å². The lowest BCUT2D eigenvalue weighted by atomic mass is 10.1. The van der Waals surface area contributed by atoms with Crippen LogP contribution in [0.15, 0.2) is 36.4 Å². The summed E-state index contributed by atoms with van der Waals surface area (Å²) in [5.74, 6) is 1.93. The van der Waals surface area contributed by atoms with Gasteiger partial charge in [-0.1, -0.05) is 12.1 Å². The average molecular weight is 289 g/mol. The molecule has 0 aliphatic carbocycles. The third-order valence-electron chi connectivity index (χ3n) is 3.17. The van der Waals surface area contributed by atoms with E-state index in [1.165, 1.54) is 7.11 Å². The highest BCUT2D eigenvalue weighted by atomic mass is 16.5. The van der Waals surface area contributed by atoms with E-state index in [0.717, 1.165) is 11.3 Å². The summed E-state index contributed by atoms with van der Waals surface area (Å²) in [6.45, 7) is 0.471. The lowest BCUT2D eigenvalue weighted by molar-refractivity contribution is 0.355. The van der Waals surface area contributed by atoms with E-state index >= 15 is 0 Å². The van der Waals surface area contributed by atoms with Gasteiger partial charge in [-0.2, -0.15) is 0 Å². The summed E-state index contributed by atoms with van der Waals surface area (Å²) >= 11 is 0. The van der Waals surface area contributed by atoms with E-state index in [-0.39, 0.29) is 5.75 Å². The number of phenolic OH excluding ortho intramolecular Hbond substituents is 1. The summed E-state index contributed by atoms with van der Waals surface area (Å²) in [7, 11) is 4.72. The molecule has 5 heteroatoms. The predicted molar refractivity (Wildman–Crippen MR) is 81.5 cm³/mol. The van der Waals surface area contributed by atoms with Crippen LogP contribution < -0.4 is 19.5 Å². The first-order valence-corrected chi connectivity index (χ1v) is 6.50. The molecule has 0 radical (unpaired) electrons. The van der Waals surface area contributed by atoms with Crippen molar-refractivity contribution in [1.82, 2.24) is 0 Å². The van der Waals surface area contributed by atoms with Gasteiger partial charge in [-0.15, -0.1) is 0 Å². The molecule has 0 fully saturated rings. The molecule has 2 aromatic carbocycles. The smallest absolute Gasteiger partial charge is 0.162 e. The van der Waals surface area contributed by atoms with Gasteiger partial charge in [0.2, 0.25) is 0 Å². The molecule has 0 heterocycles. The lowest BCUT2D eigenvalue weighted by Crippen LogP contribution is -2.01. The van der Waals surface area contributed by atoms with Crippen LogP contribution in [0.1, 0.15) is 5.56 Å². The summed E-state index contributed by atoms with van der Waals surface area (Å²) in [5.41, 5.74) is 1.62. The third kappa shape index (κ3) is 3.31. The Labute approximate surface area is 124 Å². The van der Waals surface area contributed by atoms with Gasteiger partial charge in [-0.05, 0) is 18.2 Å². The number of methoxy groups -OCH3 is 3. The van der Waals surface area contributed by atoms with Crippen LogP contribution in [0.4, 0.5) is 5.69 Å². The van der Waals surface area contributed by atoms with E-state index in [9.17, 15) is 5.11 Å². The van der Waals surface area contributed by atoms with Crippen molar-refractivity contribution in [2.45, 2.75) is 6.54 Å². The average Bonchev–Trinajstić information content (AvgIpc) is 2.53. The molecule has 0 bridgehead atoms. The highest BCUT2D eigenvalue weighted by molar-refractivity contribution is 5.56. The maximum Gasteiger partial charge on any atom is 0.162 e. The molecule has 0 spiro atoms. The number of aromatic hydroxyl groups is 1. The minimum atomic E-state index is 0.146. The standard InChI is InChI=1S/C16H19NO4/c1-19-13-8-7-12(9-15(13)21-3)17-10-11-5-4-6-14(20-2)16(11)18/h4-9,17-18H,10H2,1-3H3. The molecule has 2 aromatic rings. The zero-order valence-electron chi connectivity index (χ0n) is 12.3. The number of benzene rings is 2. The van der Waals surface area contributed by atoms with Crippen molar-refractivity contribution >= 4 is 5.69 Å². The van der Waals surface area contributed by atoms with Crippen molar-refractivity contribution in [2.75, 3.05) is 26.6 Å². The number of hydrogen-bond acceptors (Lipinski definition) is 5. The van der Waals surface area contributed by atoms with E-state index in [2.05, 4.69) is 5.32 Å². The minimum Gasteiger partial charge on any atom is -0.504 e. The number of rotatable bonds is 6. The van der Waals surface area contributed by atoms with Crippen LogP contribution in [0.2, 0.25) is 0 Å². The van der Waals surface area contributed by atoms with E-state index in [0.29, 0.717) is 23.8 Å². The first kappa shape index (κ1) is 14.8.